The monoisotopic (exact) mass is 264 g/mol. The summed E-state index contributed by atoms with van der Waals surface area (Å²) < 4.78 is 37.9. The van der Waals surface area contributed by atoms with Crippen LogP contribution >= 0.6 is 11.8 Å². The average molecular weight is 264 g/mol. The van der Waals surface area contributed by atoms with Crippen LogP contribution in [0.1, 0.15) is 5.56 Å². The van der Waals surface area contributed by atoms with E-state index in [0.717, 1.165) is 11.8 Å². The van der Waals surface area contributed by atoms with E-state index in [4.69, 9.17) is 5.73 Å². The van der Waals surface area contributed by atoms with Crippen LogP contribution in [0.25, 0.3) is 0 Å². The molecule has 2 N–H and O–H groups in total. The third kappa shape index (κ3) is 3.73. The first kappa shape index (κ1) is 14.0. The summed E-state index contributed by atoms with van der Waals surface area (Å²) in [6, 6.07) is 3.99. The summed E-state index contributed by atoms with van der Waals surface area (Å²) in [6.07, 6.45) is -2.45. The summed E-state index contributed by atoms with van der Waals surface area (Å²) in [5, 5.41) is 0. The summed E-state index contributed by atoms with van der Waals surface area (Å²) in [5.41, 5.74) is 4.85. The first-order chi connectivity index (χ1) is 7.86. The number of halogens is 3. The molecule has 0 aliphatic heterocycles. The van der Waals surface area contributed by atoms with Crippen LogP contribution in [0.3, 0.4) is 0 Å². The molecule has 0 fully saturated rings. The maximum atomic E-state index is 12.6. The third-order valence-corrected chi connectivity index (χ3v) is 3.00. The summed E-state index contributed by atoms with van der Waals surface area (Å²) in [6.45, 7) is 0.697. The Morgan fingerprint density at radius 2 is 2.00 bits per heavy atom. The molecular weight excluding hydrogens is 249 g/mol. The molecule has 17 heavy (non-hydrogen) atoms. The van der Waals surface area contributed by atoms with Gasteiger partial charge in [-0.1, -0.05) is 0 Å². The van der Waals surface area contributed by atoms with Crippen molar-refractivity contribution in [3.63, 3.8) is 0 Å². The smallest absolute Gasteiger partial charge is 0.398 e. The van der Waals surface area contributed by atoms with Gasteiger partial charge in [-0.25, -0.2) is 0 Å². The Labute approximate surface area is 103 Å². The van der Waals surface area contributed by atoms with Crippen LogP contribution in [-0.4, -0.2) is 25.6 Å². The number of nitrogens with two attached hydrogens (primary N) is 1. The van der Waals surface area contributed by atoms with Gasteiger partial charge in [-0.2, -0.15) is 24.9 Å². The van der Waals surface area contributed by atoms with Gasteiger partial charge in [0.25, 0.3) is 0 Å². The lowest BCUT2D eigenvalue weighted by Crippen LogP contribution is -2.21. The van der Waals surface area contributed by atoms with Gasteiger partial charge in [-0.3, -0.25) is 0 Å². The molecule has 0 aliphatic rings. The molecule has 0 aromatic heterocycles. The zero-order chi connectivity index (χ0) is 13.1. The molecule has 0 saturated carbocycles. The van der Waals surface area contributed by atoms with Gasteiger partial charge in [0.1, 0.15) is 0 Å². The van der Waals surface area contributed by atoms with Crippen LogP contribution in [0.2, 0.25) is 0 Å². The fourth-order valence-electron chi connectivity index (χ4n) is 1.38. The van der Waals surface area contributed by atoms with Crippen LogP contribution in [0, 0.1) is 0 Å². The van der Waals surface area contributed by atoms with Crippen molar-refractivity contribution in [2.75, 3.05) is 36.2 Å². The van der Waals surface area contributed by atoms with E-state index in [-0.39, 0.29) is 5.69 Å². The Morgan fingerprint density at radius 3 is 2.53 bits per heavy atom. The Hall–Kier alpha value is -1.04. The summed E-state index contributed by atoms with van der Waals surface area (Å²) in [4.78, 5) is 1.78. The number of hydrogen-bond acceptors (Lipinski definition) is 3. The van der Waals surface area contributed by atoms with Crippen LogP contribution in [0.4, 0.5) is 24.5 Å². The summed E-state index contributed by atoms with van der Waals surface area (Å²) >= 11 is 1.65. The van der Waals surface area contributed by atoms with Crippen LogP contribution < -0.4 is 10.6 Å². The highest BCUT2D eigenvalue weighted by atomic mass is 32.2. The topological polar surface area (TPSA) is 29.3 Å². The van der Waals surface area contributed by atoms with Gasteiger partial charge >= 0.3 is 6.18 Å². The number of hydrogen-bond donors (Lipinski definition) is 1. The van der Waals surface area contributed by atoms with Crippen LogP contribution in [0.5, 0.6) is 0 Å². The number of thioether (sulfide) groups is 1. The van der Waals surface area contributed by atoms with Crippen molar-refractivity contribution in [3.05, 3.63) is 23.8 Å². The number of anilines is 2. The van der Waals surface area contributed by atoms with E-state index in [9.17, 15) is 13.2 Å². The van der Waals surface area contributed by atoms with E-state index in [2.05, 4.69) is 0 Å². The van der Waals surface area contributed by atoms with Crippen molar-refractivity contribution in [1.82, 2.24) is 0 Å². The molecule has 1 aromatic carbocycles. The molecular formula is C11H15F3N2S. The maximum Gasteiger partial charge on any atom is 0.418 e. The Morgan fingerprint density at radius 1 is 1.35 bits per heavy atom. The number of rotatable bonds is 4. The number of benzene rings is 1. The second-order valence-corrected chi connectivity index (χ2v) is 4.67. The maximum absolute atomic E-state index is 12.6. The minimum atomic E-state index is -4.40. The molecule has 0 heterocycles. The van der Waals surface area contributed by atoms with Crippen LogP contribution in [0.15, 0.2) is 18.2 Å². The second-order valence-electron chi connectivity index (χ2n) is 3.68. The summed E-state index contributed by atoms with van der Waals surface area (Å²) in [7, 11) is 1.77. The predicted molar refractivity (Wildman–Crippen MR) is 67.5 cm³/mol. The molecule has 0 bridgehead atoms. The van der Waals surface area contributed by atoms with Crippen molar-refractivity contribution in [3.8, 4) is 0 Å². The fraction of sp³-hybridized carbons (Fsp3) is 0.455. The zero-order valence-corrected chi connectivity index (χ0v) is 10.5. The minimum absolute atomic E-state index is 0.237. The fourth-order valence-corrected chi connectivity index (χ4v) is 1.84. The van der Waals surface area contributed by atoms with Gasteiger partial charge in [0, 0.05) is 30.7 Å². The lowest BCUT2D eigenvalue weighted by atomic mass is 10.1. The van der Waals surface area contributed by atoms with Gasteiger partial charge < -0.3 is 10.6 Å². The Bertz CT molecular complexity index is 379. The summed E-state index contributed by atoms with van der Waals surface area (Å²) in [5.74, 6) is 0.863. The Balaban J connectivity index is 2.96. The number of alkyl halides is 3. The molecule has 96 valence electrons. The van der Waals surface area contributed by atoms with E-state index in [1.165, 1.54) is 6.07 Å². The van der Waals surface area contributed by atoms with Crippen molar-refractivity contribution in [2.24, 2.45) is 0 Å². The molecule has 0 saturated heterocycles. The number of nitrogens with zero attached hydrogens (tertiary/aromatic N) is 1. The molecule has 0 radical (unpaired) electrons. The second kappa shape index (κ2) is 5.53. The standard InChI is InChI=1S/C11H15F3N2S/c1-16(5-6-17-2)8-3-4-10(15)9(7-8)11(12,13)14/h3-4,7H,5-6,15H2,1-2H3. The van der Waals surface area contributed by atoms with E-state index < -0.39 is 11.7 Å². The molecule has 0 amide bonds. The largest absolute Gasteiger partial charge is 0.418 e. The van der Waals surface area contributed by atoms with E-state index in [1.807, 2.05) is 6.26 Å². The van der Waals surface area contributed by atoms with Gasteiger partial charge in [0.2, 0.25) is 0 Å². The first-order valence-electron chi connectivity index (χ1n) is 5.03. The van der Waals surface area contributed by atoms with Gasteiger partial charge in [0.05, 0.1) is 5.56 Å². The van der Waals surface area contributed by atoms with Crippen molar-refractivity contribution in [1.29, 1.82) is 0 Å². The highest BCUT2D eigenvalue weighted by Gasteiger charge is 2.33. The molecule has 6 heteroatoms. The van der Waals surface area contributed by atoms with Crippen molar-refractivity contribution >= 4 is 23.1 Å². The predicted octanol–water partition coefficient (Wildman–Crippen LogP) is 3.09. The normalized spacial score (nSPS) is 11.6. The van der Waals surface area contributed by atoms with Gasteiger partial charge in [0.15, 0.2) is 0 Å². The lowest BCUT2D eigenvalue weighted by Gasteiger charge is -2.20. The molecule has 0 spiro atoms. The third-order valence-electron chi connectivity index (χ3n) is 2.41. The molecule has 0 atom stereocenters. The van der Waals surface area contributed by atoms with Gasteiger partial charge in [-0.15, -0.1) is 0 Å². The van der Waals surface area contributed by atoms with Crippen molar-refractivity contribution in [2.45, 2.75) is 6.18 Å². The molecule has 1 aromatic rings. The lowest BCUT2D eigenvalue weighted by molar-refractivity contribution is -0.136. The Kier molecular flexibility index (Phi) is 4.56. The van der Waals surface area contributed by atoms with E-state index in [0.29, 0.717) is 12.2 Å². The molecule has 0 aliphatic carbocycles. The zero-order valence-electron chi connectivity index (χ0n) is 9.71. The molecule has 1 rings (SSSR count). The highest BCUT2D eigenvalue weighted by Crippen LogP contribution is 2.35. The molecule has 2 nitrogen and oxygen atoms in total. The van der Waals surface area contributed by atoms with E-state index in [1.54, 1.807) is 29.8 Å². The quantitative estimate of drug-likeness (QED) is 0.847. The first-order valence-corrected chi connectivity index (χ1v) is 6.42. The van der Waals surface area contributed by atoms with Crippen LogP contribution in [-0.2, 0) is 6.18 Å². The van der Waals surface area contributed by atoms with Gasteiger partial charge in [-0.05, 0) is 24.5 Å². The number of nitrogen functional groups attached to an aromatic ring is 1. The molecule has 0 unspecified atom stereocenters. The van der Waals surface area contributed by atoms with Crippen molar-refractivity contribution < 1.29 is 13.2 Å². The highest BCUT2D eigenvalue weighted by molar-refractivity contribution is 7.98. The minimum Gasteiger partial charge on any atom is -0.398 e. The SMILES string of the molecule is CSCCN(C)c1ccc(N)c(C(F)(F)F)c1. The van der Waals surface area contributed by atoms with E-state index >= 15 is 0 Å². The average Bonchev–Trinajstić information content (AvgIpc) is 2.25.